The summed E-state index contributed by atoms with van der Waals surface area (Å²) in [4.78, 5) is 0. The summed E-state index contributed by atoms with van der Waals surface area (Å²) < 4.78 is 6.07. The largest absolute Gasteiger partial charge is 0.375 e. The van der Waals surface area contributed by atoms with E-state index in [1.807, 2.05) is 0 Å². The Morgan fingerprint density at radius 2 is 1.89 bits per heavy atom. The number of hydrogen-bond donors (Lipinski definition) is 1. The molecule has 0 aromatic rings. The summed E-state index contributed by atoms with van der Waals surface area (Å²) in [5.41, 5.74) is 0.163. The Bertz CT molecular complexity index is 249. The maximum atomic E-state index is 6.07. The molecule has 2 aliphatic rings. The van der Waals surface area contributed by atoms with Crippen LogP contribution in [-0.4, -0.2) is 24.3 Å². The third kappa shape index (κ3) is 3.08. The molecule has 3 unspecified atom stereocenters. The lowest BCUT2D eigenvalue weighted by Gasteiger charge is -2.41. The van der Waals surface area contributed by atoms with E-state index in [2.05, 4.69) is 26.1 Å². The van der Waals surface area contributed by atoms with Crippen LogP contribution in [0, 0.1) is 5.92 Å². The molecule has 1 aliphatic heterocycles. The molecule has 0 spiro atoms. The van der Waals surface area contributed by atoms with Gasteiger partial charge in [-0.25, -0.2) is 0 Å². The van der Waals surface area contributed by atoms with Crippen LogP contribution in [0.3, 0.4) is 0 Å². The van der Waals surface area contributed by atoms with Crippen LogP contribution in [0.5, 0.6) is 0 Å². The Labute approximate surface area is 113 Å². The van der Waals surface area contributed by atoms with E-state index in [-0.39, 0.29) is 5.60 Å². The highest BCUT2D eigenvalue weighted by atomic mass is 16.5. The number of ether oxygens (including phenoxy) is 1. The summed E-state index contributed by atoms with van der Waals surface area (Å²) in [6.07, 6.45) is 10.3. The Morgan fingerprint density at radius 1 is 1.11 bits per heavy atom. The van der Waals surface area contributed by atoms with Gasteiger partial charge in [0.1, 0.15) is 0 Å². The van der Waals surface area contributed by atoms with Crippen molar-refractivity contribution in [3.05, 3.63) is 0 Å². The van der Waals surface area contributed by atoms with Crippen LogP contribution in [0.25, 0.3) is 0 Å². The molecule has 1 heterocycles. The summed E-state index contributed by atoms with van der Waals surface area (Å²) in [5.74, 6) is 0.922. The van der Waals surface area contributed by atoms with Crippen molar-refractivity contribution < 1.29 is 4.74 Å². The lowest BCUT2D eigenvalue weighted by molar-refractivity contribution is -0.0944. The van der Waals surface area contributed by atoms with E-state index in [1.54, 1.807) is 0 Å². The van der Waals surface area contributed by atoms with E-state index in [4.69, 9.17) is 4.74 Å². The standard InChI is InChI=1S/C16H31NO/c1-4-13-8-7-9-15(13)17-14-10-11-18-16(5-2,6-3)12-14/h13-15,17H,4-12H2,1-3H3. The summed E-state index contributed by atoms with van der Waals surface area (Å²) in [7, 11) is 0. The van der Waals surface area contributed by atoms with Crippen LogP contribution in [0.1, 0.15) is 72.1 Å². The maximum Gasteiger partial charge on any atom is 0.0692 e. The molecule has 1 saturated carbocycles. The second-order valence-electron chi connectivity index (χ2n) is 6.30. The lowest BCUT2D eigenvalue weighted by atomic mass is 9.85. The maximum absolute atomic E-state index is 6.07. The van der Waals surface area contributed by atoms with E-state index in [1.165, 1.54) is 38.5 Å². The van der Waals surface area contributed by atoms with E-state index in [0.29, 0.717) is 6.04 Å². The molecule has 2 heteroatoms. The molecule has 1 saturated heterocycles. The predicted octanol–water partition coefficient (Wildman–Crippen LogP) is 3.89. The summed E-state index contributed by atoms with van der Waals surface area (Å²) in [6, 6.07) is 1.47. The molecule has 2 fully saturated rings. The molecule has 3 atom stereocenters. The van der Waals surface area contributed by atoms with Crippen LogP contribution in [0.2, 0.25) is 0 Å². The highest BCUT2D eigenvalue weighted by molar-refractivity contribution is 4.92. The molecule has 0 aromatic carbocycles. The number of rotatable bonds is 5. The van der Waals surface area contributed by atoms with E-state index < -0.39 is 0 Å². The van der Waals surface area contributed by atoms with Crippen molar-refractivity contribution in [1.82, 2.24) is 5.32 Å². The van der Waals surface area contributed by atoms with Gasteiger partial charge < -0.3 is 10.1 Å². The molecule has 0 bridgehead atoms. The summed E-state index contributed by atoms with van der Waals surface area (Å²) in [6.45, 7) is 7.84. The smallest absolute Gasteiger partial charge is 0.0692 e. The van der Waals surface area contributed by atoms with Gasteiger partial charge >= 0.3 is 0 Å². The van der Waals surface area contributed by atoms with Crippen LogP contribution in [0.15, 0.2) is 0 Å². The minimum absolute atomic E-state index is 0.163. The zero-order valence-electron chi connectivity index (χ0n) is 12.5. The van der Waals surface area contributed by atoms with Gasteiger partial charge in [0.05, 0.1) is 5.60 Å². The first kappa shape index (κ1) is 14.3. The number of nitrogens with one attached hydrogen (secondary N) is 1. The second kappa shape index (κ2) is 6.38. The molecule has 0 aromatic heterocycles. The molecule has 0 amide bonds. The van der Waals surface area contributed by atoms with Crippen molar-refractivity contribution >= 4 is 0 Å². The average Bonchev–Trinajstić information content (AvgIpc) is 2.86. The van der Waals surface area contributed by atoms with E-state index in [0.717, 1.165) is 31.4 Å². The van der Waals surface area contributed by atoms with Gasteiger partial charge in [-0.2, -0.15) is 0 Å². The van der Waals surface area contributed by atoms with Gasteiger partial charge in [0, 0.05) is 18.7 Å². The summed E-state index contributed by atoms with van der Waals surface area (Å²) in [5, 5.41) is 3.96. The molecular formula is C16H31NO. The quantitative estimate of drug-likeness (QED) is 0.802. The first-order valence-electron chi connectivity index (χ1n) is 8.13. The molecule has 1 aliphatic carbocycles. The van der Waals surface area contributed by atoms with Crippen LogP contribution in [0.4, 0.5) is 0 Å². The van der Waals surface area contributed by atoms with Crippen LogP contribution < -0.4 is 5.32 Å². The normalized spacial score (nSPS) is 35.8. The Morgan fingerprint density at radius 3 is 2.56 bits per heavy atom. The topological polar surface area (TPSA) is 21.3 Å². The summed E-state index contributed by atoms with van der Waals surface area (Å²) >= 11 is 0. The van der Waals surface area contributed by atoms with Gasteiger partial charge in [-0.15, -0.1) is 0 Å². The van der Waals surface area contributed by atoms with E-state index >= 15 is 0 Å². The second-order valence-corrected chi connectivity index (χ2v) is 6.30. The van der Waals surface area contributed by atoms with Gasteiger partial charge in [0.15, 0.2) is 0 Å². The van der Waals surface area contributed by atoms with Crippen molar-refractivity contribution in [2.45, 2.75) is 89.8 Å². The predicted molar refractivity (Wildman–Crippen MR) is 76.8 cm³/mol. The Hall–Kier alpha value is -0.0800. The van der Waals surface area contributed by atoms with Crippen molar-refractivity contribution in [1.29, 1.82) is 0 Å². The van der Waals surface area contributed by atoms with E-state index in [9.17, 15) is 0 Å². The molecule has 1 N–H and O–H groups in total. The van der Waals surface area contributed by atoms with Crippen molar-refractivity contribution in [3.8, 4) is 0 Å². The highest BCUT2D eigenvalue weighted by Crippen LogP contribution is 2.34. The average molecular weight is 253 g/mol. The zero-order chi connectivity index (χ0) is 13.0. The van der Waals surface area contributed by atoms with Crippen molar-refractivity contribution in [2.75, 3.05) is 6.61 Å². The SMILES string of the molecule is CCC1CCCC1NC1CCOC(CC)(CC)C1. The molecule has 2 rings (SSSR count). The number of hydrogen-bond acceptors (Lipinski definition) is 2. The Balaban J connectivity index is 1.89. The first-order chi connectivity index (χ1) is 8.73. The molecular weight excluding hydrogens is 222 g/mol. The third-order valence-electron chi connectivity index (χ3n) is 5.41. The zero-order valence-corrected chi connectivity index (χ0v) is 12.5. The fraction of sp³-hybridized carbons (Fsp3) is 1.00. The highest BCUT2D eigenvalue weighted by Gasteiger charge is 2.36. The fourth-order valence-corrected chi connectivity index (χ4v) is 3.96. The molecule has 18 heavy (non-hydrogen) atoms. The molecule has 0 radical (unpaired) electrons. The van der Waals surface area contributed by atoms with Gasteiger partial charge in [0.25, 0.3) is 0 Å². The Kier molecular flexibility index (Phi) is 5.08. The monoisotopic (exact) mass is 253 g/mol. The van der Waals surface area contributed by atoms with Crippen molar-refractivity contribution in [3.63, 3.8) is 0 Å². The van der Waals surface area contributed by atoms with Gasteiger partial charge in [-0.1, -0.05) is 33.6 Å². The van der Waals surface area contributed by atoms with Gasteiger partial charge in [-0.05, 0) is 44.4 Å². The molecule has 106 valence electrons. The molecule has 2 nitrogen and oxygen atoms in total. The van der Waals surface area contributed by atoms with Crippen LogP contribution >= 0.6 is 0 Å². The van der Waals surface area contributed by atoms with Gasteiger partial charge in [-0.3, -0.25) is 0 Å². The van der Waals surface area contributed by atoms with Crippen molar-refractivity contribution in [2.24, 2.45) is 5.92 Å². The minimum Gasteiger partial charge on any atom is -0.375 e. The fourth-order valence-electron chi connectivity index (χ4n) is 3.96. The lowest BCUT2D eigenvalue weighted by Crippen LogP contribution is -2.50. The minimum atomic E-state index is 0.163. The third-order valence-corrected chi connectivity index (χ3v) is 5.41. The van der Waals surface area contributed by atoms with Gasteiger partial charge in [0.2, 0.25) is 0 Å². The van der Waals surface area contributed by atoms with Crippen LogP contribution in [-0.2, 0) is 4.74 Å². The first-order valence-corrected chi connectivity index (χ1v) is 8.13.